The van der Waals surface area contributed by atoms with Crippen molar-refractivity contribution in [1.29, 1.82) is 0 Å². The highest BCUT2D eigenvalue weighted by atomic mass is 16.5. The Hall–Kier alpha value is -2.61. The molecule has 1 unspecified atom stereocenters. The largest absolute Gasteiger partial charge is 0.508 e. The summed E-state index contributed by atoms with van der Waals surface area (Å²) >= 11 is 0. The quantitative estimate of drug-likeness (QED) is 0.381. The lowest BCUT2D eigenvalue weighted by Gasteiger charge is -2.32. The van der Waals surface area contributed by atoms with Crippen LogP contribution in [0.3, 0.4) is 0 Å². The maximum Gasteiger partial charge on any atom is 0.326 e. The van der Waals surface area contributed by atoms with E-state index in [9.17, 15) is 29.7 Å². The lowest BCUT2D eigenvalue weighted by molar-refractivity contribution is -0.147. The van der Waals surface area contributed by atoms with Gasteiger partial charge in [-0.1, -0.05) is 25.0 Å². The van der Waals surface area contributed by atoms with Gasteiger partial charge in [0.05, 0.1) is 11.3 Å². The lowest BCUT2D eigenvalue weighted by atomic mass is 9.75. The lowest BCUT2D eigenvalue weighted by Crippen LogP contribution is -2.49. The number of nitrogens with one attached hydrogen (secondary N) is 1. The maximum atomic E-state index is 13.2. The summed E-state index contributed by atoms with van der Waals surface area (Å²) in [5.41, 5.74) is -0.209. The molecule has 1 amide bonds. The SMILES string of the molecule is CCOCCC(CC1(C(=O)N[C@@H](Cc2ccc(O)cc2)C(=O)O)CCCC1)C(=O)O. The number of benzene rings is 1. The Balaban J connectivity index is 2.12. The molecular formula is C22H31NO7. The van der Waals surface area contributed by atoms with Crippen LogP contribution in [-0.2, 0) is 25.5 Å². The van der Waals surface area contributed by atoms with Crippen LogP contribution in [-0.4, -0.2) is 52.4 Å². The number of aliphatic carboxylic acids is 2. The molecule has 8 heteroatoms. The Kier molecular flexibility index (Phi) is 8.65. The molecule has 2 atom stereocenters. The summed E-state index contributed by atoms with van der Waals surface area (Å²) in [4.78, 5) is 36.7. The zero-order chi connectivity index (χ0) is 22.1. The number of amides is 1. The van der Waals surface area contributed by atoms with Gasteiger partial charge in [0.2, 0.25) is 5.91 Å². The molecular weight excluding hydrogens is 390 g/mol. The fourth-order valence-electron chi connectivity index (χ4n) is 4.11. The number of carbonyl (C=O) groups is 3. The van der Waals surface area contributed by atoms with Gasteiger partial charge in [-0.3, -0.25) is 9.59 Å². The minimum atomic E-state index is -1.16. The first kappa shape index (κ1) is 23.7. The van der Waals surface area contributed by atoms with Gasteiger partial charge >= 0.3 is 11.9 Å². The number of rotatable bonds is 12. The van der Waals surface area contributed by atoms with E-state index in [4.69, 9.17) is 4.74 Å². The van der Waals surface area contributed by atoms with E-state index in [1.165, 1.54) is 12.1 Å². The van der Waals surface area contributed by atoms with Gasteiger partial charge in [0.25, 0.3) is 0 Å². The van der Waals surface area contributed by atoms with Gasteiger partial charge in [0.1, 0.15) is 11.8 Å². The maximum absolute atomic E-state index is 13.2. The second kappa shape index (κ2) is 11.0. The van der Waals surface area contributed by atoms with Crippen LogP contribution in [0.5, 0.6) is 5.75 Å². The Morgan fingerprint density at radius 2 is 1.73 bits per heavy atom. The summed E-state index contributed by atoms with van der Waals surface area (Å²) in [7, 11) is 0. The summed E-state index contributed by atoms with van der Waals surface area (Å²) in [6.07, 6.45) is 3.26. The molecule has 0 bridgehead atoms. The van der Waals surface area contributed by atoms with E-state index in [0.717, 1.165) is 12.8 Å². The van der Waals surface area contributed by atoms with Crippen LogP contribution < -0.4 is 5.32 Å². The Labute approximate surface area is 176 Å². The van der Waals surface area contributed by atoms with Crippen LogP contribution in [0, 0.1) is 11.3 Å². The van der Waals surface area contributed by atoms with Crippen molar-refractivity contribution in [2.75, 3.05) is 13.2 Å². The van der Waals surface area contributed by atoms with Gasteiger partial charge in [-0.2, -0.15) is 0 Å². The zero-order valence-electron chi connectivity index (χ0n) is 17.3. The van der Waals surface area contributed by atoms with Gasteiger partial charge in [-0.25, -0.2) is 4.79 Å². The summed E-state index contributed by atoms with van der Waals surface area (Å²) in [5, 5.41) is 31.3. The summed E-state index contributed by atoms with van der Waals surface area (Å²) < 4.78 is 5.28. The van der Waals surface area contributed by atoms with Crippen molar-refractivity contribution in [1.82, 2.24) is 5.32 Å². The first-order valence-corrected chi connectivity index (χ1v) is 10.4. The highest BCUT2D eigenvalue weighted by molar-refractivity contribution is 5.88. The van der Waals surface area contributed by atoms with Crippen molar-refractivity contribution < 1.29 is 34.4 Å². The van der Waals surface area contributed by atoms with Crippen molar-refractivity contribution in [3.63, 3.8) is 0 Å². The Morgan fingerprint density at radius 3 is 2.27 bits per heavy atom. The minimum Gasteiger partial charge on any atom is -0.508 e. The van der Waals surface area contributed by atoms with Gasteiger partial charge in [0, 0.05) is 19.6 Å². The third kappa shape index (κ3) is 6.45. The molecule has 0 radical (unpaired) electrons. The monoisotopic (exact) mass is 421 g/mol. The number of carbonyl (C=O) groups excluding carboxylic acids is 1. The van der Waals surface area contributed by atoms with Gasteiger partial charge < -0.3 is 25.4 Å². The standard InChI is InChI=1S/C22H31NO7/c1-2-30-12-9-16(19(25)26)14-22(10-3-4-11-22)21(29)23-18(20(27)28)13-15-5-7-17(24)8-6-15/h5-8,16,18,24H,2-4,9-14H2,1H3,(H,23,29)(H,25,26)(H,27,28)/t16?,18-/m0/s1. The van der Waals surface area contributed by atoms with Gasteiger partial charge in [-0.05, 0) is 50.3 Å². The molecule has 1 fully saturated rings. The first-order chi connectivity index (χ1) is 14.3. The number of phenolic OH excluding ortho intramolecular Hbond substituents is 1. The molecule has 1 saturated carbocycles. The number of phenols is 1. The number of carboxylic acid groups (broad SMARTS) is 2. The predicted molar refractivity (Wildman–Crippen MR) is 109 cm³/mol. The molecule has 2 rings (SSSR count). The summed E-state index contributed by atoms with van der Waals surface area (Å²) in [5.74, 6) is -3.16. The van der Waals surface area contributed by atoms with Crippen LogP contribution in [0.4, 0.5) is 0 Å². The average Bonchev–Trinajstić information content (AvgIpc) is 3.18. The van der Waals surface area contributed by atoms with E-state index in [2.05, 4.69) is 5.32 Å². The van der Waals surface area contributed by atoms with E-state index in [1.54, 1.807) is 12.1 Å². The fourth-order valence-corrected chi connectivity index (χ4v) is 4.11. The number of hydrogen-bond donors (Lipinski definition) is 4. The van der Waals surface area contributed by atoms with Crippen molar-refractivity contribution in [3.8, 4) is 5.75 Å². The highest BCUT2D eigenvalue weighted by Crippen LogP contribution is 2.44. The third-order valence-electron chi connectivity index (χ3n) is 5.82. The molecule has 1 aromatic rings. The highest BCUT2D eigenvalue weighted by Gasteiger charge is 2.45. The van der Waals surface area contributed by atoms with E-state index >= 15 is 0 Å². The van der Waals surface area contributed by atoms with Crippen molar-refractivity contribution in [2.45, 2.75) is 57.9 Å². The van der Waals surface area contributed by atoms with Crippen LogP contribution >= 0.6 is 0 Å². The van der Waals surface area contributed by atoms with Crippen LogP contribution in [0.2, 0.25) is 0 Å². The molecule has 1 aromatic carbocycles. The number of hydrogen-bond acceptors (Lipinski definition) is 5. The fraction of sp³-hybridized carbons (Fsp3) is 0.591. The zero-order valence-corrected chi connectivity index (χ0v) is 17.3. The molecule has 0 heterocycles. The Morgan fingerprint density at radius 1 is 1.10 bits per heavy atom. The molecule has 1 aliphatic carbocycles. The summed E-state index contributed by atoms with van der Waals surface area (Å²) in [6.45, 7) is 2.64. The van der Waals surface area contributed by atoms with Crippen LogP contribution in [0.1, 0.15) is 51.0 Å². The topological polar surface area (TPSA) is 133 Å². The number of carboxylic acids is 2. The molecule has 4 N–H and O–H groups in total. The molecule has 0 aliphatic heterocycles. The first-order valence-electron chi connectivity index (χ1n) is 10.4. The van der Waals surface area contributed by atoms with E-state index in [0.29, 0.717) is 38.0 Å². The molecule has 1 aliphatic rings. The Bertz CT molecular complexity index is 726. The minimum absolute atomic E-state index is 0.0735. The summed E-state index contributed by atoms with van der Waals surface area (Å²) in [6, 6.07) is 5.01. The second-order valence-electron chi connectivity index (χ2n) is 7.95. The van der Waals surface area contributed by atoms with Crippen molar-refractivity contribution >= 4 is 17.8 Å². The van der Waals surface area contributed by atoms with Crippen LogP contribution in [0.25, 0.3) is 0 Å². The average molecular weight is 421 g/mol. The molecule has 0 aromatic heterocycles. The van der Waals surface area contributed by atoms with E-state index in [1.807, 2.05) is 6.92 Å². The molecule has 166 valence electrons. The smallest absolute Gasteiger partial charge is 0.326 e. The number of aromatic hydroxyl groups is 1. The third-order valence-corrected chi connectivity index (χ3v) is 5.82. The molecule has 0 spiro atoms. The molecule has 0 saturated heterocycles. The van der Waals surface area contributed by atoms with Crippen LogP contribution in [0.15, 0.2) is 24.3 Å². The predicted octanol–water partition coefficient (Wildman–Crippen LogP) is 2.58. The van der Waals surface area contributed by atoms with Gasteiger partial charge in [0.15, 0.2) is 0 Å². The number of ether oxygens (including phenoxy) is 1. The van der Waals surface area contributed by atoms with E-state index in [-0.39, 0.29) is 18.6 Å². The van der Waals surface area contributed by atoms with E-state index < -0.39 is 35.2 Å². The molecule has 8 nitrogen and oxygen atoms in total. The van der Waals surface area contributed by atoms with Crippen molar-refractivity contribution in [3.05, 3.63) is 29.8 Å². The van der Waals surface area contributed by atoms with Crippen molar-refractivity contribution in [2.24, 2.45) is 11.3 Å². The normalized spacial score (nSPS) is 17.2. The second-order valence-corrected chi connectivity index (χ2v) is 7.95. The van der Waals surface area contributed by atoms with Gasteiger partial charge in [-0.15, -0.1) is 0 Å². The molecule has 30 heavy (non-hydrogen) atoms.